The molecule has 1 fully saturated rings. The molecule has 1 saturated heterocycles. The highest BCUT2D eigenvalue weighted by molar-refractivity contribution is 9.10. The summed E-state index contributed by atoms with van der Waals surface area (Å²) in [7, 11) is 0. The highest BCUT2D eigenvalue weighted by Gasteiger charge is 2.35. The van der Waals surface area contributed by atoms with E-state index in [1.165, 1.54) is 6.07 Å². The number of anilines is 2. The Morgan fingerprint density at radius 1 is 1.34 bits per heavy atom. The lowest BCUT2D eigenvalue weighted by Crippen LogP contribution is -2.48. The standard InChI is InChI=1S/C20H20BrClFN3O3/c21-12-9-15(23)19(24-10-12)26-7-5-20(28,6-8-26)11-29-16-3-2-14(22)18-13(16)1-4-17(27)25-18/h2-3,9-10,28H,1,4-8,11H2,(H,25,27). The molecule has 1 aromatic heterocycles. The Bertz CT molecular complexity index is 951. The highest BCUT2D eigenvalue weighted by atomic mass is 79.9. The molecule has 0 unspecified atom stereocenters. The van der Waals surface area contributed by atoms with Gasteiger partial charge in [-0.2, -0.15) is 0 Å². The number of piperidine rings is 1. The zero-order valence-corrected chi connectivity index (χ0v) is 17.9. The number of halogens is 3. The van der Waals surface area contributed by atoms with Crippen LogP contribution in [0, 0.1) is 5.82 Å². The van der Waals surface area contributed by atoms with Crippen LogP contribution in [0.3, 0.4) is 0 Å². The number of hydrogen-bond donors (Lipinski definition) is 2. The van der Waals surface area contributed by atoms with Crippen LogP contribution in [0.2, 0.25) is 5.02 Å². The fraction of sp³-hybridized carbons (Fsp3) is 0.400. The molecule has 0 aliphatic carbocycles. The smallest absolute Gasteiger partial charge is 0.224 e. The SMILES string of the molecule is O=C1CCc2c(OCC3(O)CCN(c4ncc(Br)cc4F)CC3)ccc(Cl)c2N1. The Balaban J connectivity index is 1.41. The van der Waals surface area contributed by atoms with Gasteiger partial charge in [0.15, 0.2) is 11.6 Å². The zero-order valence-electron chi connectivity index (χ0n) is 15.6. The van der Waals surface area contributed by atoms with Crippen LogP contribution in [-0.4, -0.2) is 41.3 Å². The van der Waals surface area contributed by atoms with Crippen LogP contribution in [0.5, 0.6) is 5.75 Å². The summed E-state index contributed by atoms with van der Waals surface area (Å²) in [5.41, 5.74) is 0.408. The van der Waals surface area contributed by atoms with Gasteiger partial charge in [0.25, 0.3) is 0 Å². The summed E-state index contributed by atoms with van der Waals surface area (Å²) in [5, 5.41) is 14.2. The maximum atomic E-state index is 14.2. The third-order valence-electron chi connectivity index (χ3n) is 5.36. The van der Waals surface area contributed by atoms with Crippen molar-refractivity contribution in [1.82, 2.24) is 4.98 Å². The van der Waals surface area contributed by atoms with E-state index >= 15 is 0 Å². The Hall–Kier alpha value is -1.90. The molecule has 2 aliphatic rings. The predicted molar refractivity (Wildman–Crippen MR) is 112 cm³/mol. The largest absolute Gasteiger partial charge is 0.490 e. The second-order valence-electron chi connectivity index (χ2n) is 7.41. The molecular formula is C20H20BrClFN3O3. The number of hydrogen-bond acceptors (Lipinski definition) is 5. The molecule has 154 valence electrons. The number of nitrogens with one attached hydrogen (secondary N) is 1. The molecule has 0 spiro atoms. The van der Waals surface area contributed by atoms with Crippen molar-refractivity contribution in [2.45, 2.75) is 31.3 Å². The van der Waals surface area contributed by atoms with Gasteiger partial charge in [-0.05, 0) is 53.4 Å². The summed E-state index contributed by atoms with van der Waals surface area (Å²) in [6, 6.07) is 4.82. The summed E-state index contributed by atoms with van der Waals surface area (Å²) < 4.78 is 20.7. The van der Waals surface area contributed by atoms with Gasteiger partial charge < -0.3 is 20.1 Å². The van der Waals surface area contributed by atoms with E-state index in [4.69, 9.17) is 16.3 Å². The molecule has 1 aromatic carbocycles. The number of aliphatic hydroxyl groups is 1. The fourth-order valence-electron chi connectivity index (χ4n) is 3.69. The first kappa shape index (κ1) is 20.4. The van der Waals surface area contributed by atoms with Crippen LogP contribution in [-0.2, 0) is 11.2 Å². The van der Waals surface area contributed by atoms with Crippen LogP contribution < -0.4 is 15.0 Å². The number of carbonyl (C=O) groups is 1. The van der Waals surface area contributed by atoms with Gasteiger partial charge in [0.2, 0.25) is 5.91 Å². The van der Waals surface area contributed by atoms with E-state index in [0.29, 0.717) is 65.5 Å². The van der Waals surface area contributed by atoms with Crippen molar-refractivity contribution in [2.24, 2.45) is 0 Å². The molecule has 0 bridgehead atoms. The maximum Gasteiger partial charge on any atom is 0.224 e. The van der Waals surface area contributed by atoms with Gasteiger partial charge in [0.1, 0.15) is 18.0 Å². The monoisotopic (exact) mass is 483 g/mol. The molecule has 0 saturated carbocycles. The normalized spacial score (nSPS) is 18.2. The van der Waals surface area contributed by atoms with Crippen molar-refractivity contribution < 1.29 is 19.0 Å². The third-order valence-corrected chi connectivity index (χ3v) is 6.11. The maximum absolute atomic E-state index is 14.2. The Labute approximate surface area is 181 Å². The van der Waals surface area contributed by atoms with E-state index < -0.39 is 11.4 Å². The Kier molecular flexibility index (Phi) is 5.68. The summed E-state index contributed by atoms with van der Waals surface area (Å²) in [6.07, 6.45) is 3.32. The molecule has 4 rings (SSSR count). The summed E-state index contributed by atoms with van der Waals surface area (Å²) >= 11 is 9.39. The van der Waals surface area contributed by atoms with Crippen molar-refractivity contribution in [2.75, 3.05) is 29.9 Å². The minimum absolute atomic E-state index is 0.0728. The van der Waals surface area contributed by atoms with Crippen LogP contribution in [0.1, 0.15) is 24.8 Å². The third kappa shape index (κ3) is 4.34. The first-order valence-electron chi connectivity index (χ1n) is 9.37. The number of pyridine rings is 1. The molecular weight excluding hydrogens is 465 g/mol. The molecule has 29 heavy (non-hydrogen) atoms. The van der Waals surface area contributed by atoms with Gasteiger partial charge >= 0.3 is 0 Å². The Morgan fingerprint density at radius 3 is 2.83 bits per heavy atom. The fourth-order valence-corrected chi connectivity index (χ4v) is 4.22. The number of benzene rings is 1. The lowest BCUT2D eigenvalue weighted by molar-refractivity contribution is -0.116. The predicted octanol–water partition coefficient (Wildman–Crippen LogP) is 3.93. The van der Waals surface area contributed by atoms with Crippen molar-refractivity contribution in [3.05, 3.63) is 45.3 Å². The average molecular weight is 485 g/mol. The van der Waals surface area contributed by atoms with Gasteiger partial charge in [-0.1, -0.05) is 11.6 Å². The lowest BCUT2D eigenvalue weighted by atomic mass is 9.92. The van der Waals surface area contributed by atoms with Crippen LogP contribution in [0.25, 0.3) is 0 Å². The summed E-state index contributed by atoms with van der Waals surface area (Å²) in [6.45, 7) is 1.06. The van der Waals surface area contributed by atoms with Crippen molar-refractivity contribution in [1.29, 1.82) is 0 Å². The number of ether oxygens (including phenoxy) is 1. The molecule has 2 aliphatic heterocycles. The van der Waals surface area contributed by atoms with E-state index in [9.17, 15) is 14.3 Å². The van der Waals surface area contributed by atoms with Gasteiger partial charge in [-0.15, -0.1) is 0 Å². The number of fused-ring (bicyclic) bond motifs is 1. The molecule has 6 nitrogen and oxygen atoms in total. The van der Waals surface area contributed by atoms with Gasteiger partial charge in [0.05, 0.1) is 10.7 Å². The van der Waals surface area contributed by atoms with Crippen LogP contribution in [0.15, 0.2) is 28.9 Å². The van der Waals surface area contributed by atoms with Crippen LogP contribution in [0.4, 0.5) is 15.9 Å². The molecule has 0 atom stereocenters. The number of amides is 1. The minimum Gasteiger partial charge on any atom is -0.490 e. The average Bonchev–Trinajstić information content (AvgIpc) is 2.69. The lowest BCUT2D eigenvalue weighted by Gasteiger charge is -2.38. The van der Waals surface area contributed by atoms with E-state index in [-0.39, 0.29) is 12.5 Å². The quantitative estimate of drug-likeness (QED) is 0.688. The first-order chi connectivity index (χ1) is 13.8. The summed E-state index contributed by atoms with van der Waals surface area (Å²) in [5.74, 6) is 0.437. The molecule has 3 heterocycles. The topological polar surface area (TPSA) is 74.7 Å². The number of carbonyl (C=O) groups excluding carboxylic acids is 1. The van der Waals surface area contributed by atoms with Crippen molar-refractivity contribution in [3.8, 4) is 5.75 Å². The second-order valence-corrected chi connectivity index (χ2v) is 8.73. The van der Waals surface area contributed by atoms with Crippen molar-refractivity contribution >= 4 is 44.9 Å². The highest BCUT2D eigenvalue weighted by Crippen LogP contribution is 2.38. The molecule has 2 aromatic rings. The minimum atomic E-state index is -1.02. The van der Waals surface area contributed by atoms with Gasteiger partial charge in [-0.3, -0.25) is 4.79 Å². The van der Waals surface area contributed by atoms with E-state index in [2.05, 4.69) is 26.2 Å². The molecule has 9 heteroatoms. The van der Waals surface area contributed by atoms with Gasteiger partial charge in [0, 0.05) is 35.7 Å². The second kappa shape index (κ2) is 8.08. The van der Waals surface area contributed by atoms with Crippen LogP contribution >= 0.6 is 27.5 Å². The van der Waals surface area contributed by atoms with Crippen molar-refractivity contribution in [3.63, 3.8) is 0 Å². The molecule has 2 N–H and O–H groups in total. The number of rotatable bonds is 4. The van der Waals surface area contributed by atoms with E-state index in [0.717, 1.165) is 5.56 Å². The first-order valence-corrected chi connectivity index (χ1v) is 10.5. The van der Waals surface area contributed by atoms with Gasteiger partial charge in [-0.25, -0.2) is 9.37 Å². The number of nitrogens with zero attached hydrogens (tertiary/aromatic N) is 2. The molecule has 0 radical (unpaired) electrons. The summed E-state index contributed by atoms with van der Waals surface area (Å²) in [4.78, 5) is 17.6. The molecule has 1 amide bonds. The van der Waals surface area contributed by atoms with E-state index in [1.54, 1.807) is 18.3 Å². The van der Waals surface area contributed by atoms with E-state index in [1.807, 2.05) is 4.90 Å². The Morgan fingerprint density at radius 2 is 2.10 bits per heavy atom. The zero-order chi connectivity index (χ0) is 20.6. The number of aromatic nitrogens is 1.